The third-order valence-electron chi connectivity index (χ3n) is 8.33. The predicted molar refractivity (Wildman–Crippen MR) is 189 cm³/mol. The maximum atomic E-state index is 13.7. The van der Waals surface area contributed by atoms with Crippen LogP contribution < -0.4 is 25.3 Å². The summed E-state index contributed by atoms with van der Waals surface area (Å²) in [6, 6.07) is 10.6. The molecule has 4 aromatic rings. The molecule has 49 heavy (non-hydrogen) atoms. The van der Waals surface area contributed by atoms with E-state index in [4.69, 9.17) is 37.4 Å². The van der Waals surface area contributed by atoms with E-state index in [1.807, 2.05) is 43.9 Å². The lowest BCUT2D eigenvalue weighted by Gasteiger charge is -2.40. The molecule has 2 aliphatic heterocycles. The Bertz CT molecular complexity index is 1920. The molecule has 0 spiro atoms. The van der Waals surface area contributed by atoms with E-state index in [2.05, 4.69) is 20.2 Å². The Morgan fingerprint density at radius 1 is 1.08 bits per heavy atom. The highest BCUT2D eigenvalue weighted by Crippen LogP contribution is 2.36. The first-order valence-corrected chi connectivity index (χ1v) is 16.9. The Labute approximate surface area is 293 Å². The molecule has 2 saturated heterocycles. The van der Waals surface area contributed by atoms with Crippen LogP contribution in [0.5, 0.6) is 5.88 Å². The Kier molecular flexibility index (Phi) is 9.89. The van der Waals surface area contributed by atoms with E-state index in [0.717, 1.165) is 30.9 Å². The number of carbonyl (C=O) groups excluding carboxylic acids is 2. The highest BCUT2D eigenvalue weighted by molar-refractivity contribution is 6.34. The summed E-state index contributed by atoms with van der Waals surface area (Å²) in [5.41, 5.74) is 0.756. The van der Waals surface area contributed by atoms with Gasteiger partial charge in [0.15, 0.2) is 0 Å². The van der Waals surface area contributed by atoms with Gasteiger partial charge < -0.3 is 33.9 Å². The van der Waals surface area contributed by atoms with Crippen LogP contribution in [0.3, 0.4) is 0 Å². The van der Waals surface area contributed by atoms with Crippen molar-refractivity contribution in [1.29, 1.82) is 0 Å². The van der Waals surface area contributed by atoms with Gasteiger partial charge >= 0.3 is 12.1 Å². The minimum Gasteiger partial charge on any atom is -0.474 e. The average Bonchev–Trinajstić information content (AvgIpc) is 3.50. The van der Waals surface area contributed by atoms with E-state index in [-0.39, 0.29) is 29.6 Å². The molecule has 3 aromatic heterocycles. The Balaban J connectivity index is 1.29. The van der Waals surface area contributed by atoms with Gasteiger partial charge in [-0.05, 0) is 76.9 Å². The van der Waals surface area contributed by atoms with Crippen LogP contribution in [0, 0.1) is 0 Å². The molecule has 2 aliphatic rings. The van der Waals surface area contributed by atoms with Gasteiger partial charge in [0.1, 0.15) is 28.6 Å². The molecule has 0 radical (unpaired) electrons. The number of fused-ring (bicyclic) bond motifs is 1. The molecule has 0 bridgehead atoms. The smallest absolute Gasteiger partial charge is 0.407 e. The second kappa shape index (κ2) is 14.1. The SMILES string of the molecule is CCOC(=O)c1cn(-c2ccc(N3CC(NC(=O)OC(C)(C)C)C3)nc2)c2cc(N3CCCC3COc3ncccc3Cl)c(Cl)cc2c1=O. The third kappa shape index (κ3) is 7.55. The fourth-order valence-electron chi connectivity index (χ4n) is 6.04. The number of carbonyl (C=O) groups is 2. The largest absolute Gasteiger partial charge is 0.474 e. The number of benzene rings is 1. The number of hydrogen-bond donors (Lipinski definition) is 1. The lowest BCUT2D eigenvalue weighted by Crippen LogP contribution is -2.60. The first kappa shape index (κ1) is 34.3. The normalized spacial score (nSPS) is 16.4. The zero-order chi connectivity index (χ0) is 34.9. The molecule has 1 amide bonds. The quantitative estimate of drug-likeness (QED) is 0.206. The number of ether oxygens (including phenoxy) is 3. The number of nitrogens with zero attached hydrogens (tertiary/aromatic N) is 5. The molecule has 6 rings (SSSR count). The minimum absolute atomic E-state index is 0.0156. The molecular weight excluding hydrogens is 671 g/mol. The summed E-state index contributed by atoms with van der Waals surface area (Å²) in [4.78, 5) is 51.8. The van der Waals surface area contributed by atoms with E-state index in [1.165, 1.54) is 6.20 Å². The van der Waals surface area contributed by atoms with Crippen LogP contribution in [-0.2, 0) is 9.47 Å². The Morgan fingerprint density at radius 3 is 2.57 bits per heavy atom. The molecule has 1 N–H and O–H groups in total. The second-order valence-electron chi connectivity index (χ2n) is 13.0. The van der Waals surface area contributed by atoms with Crippen molar-refractivity contribution in [2.24, 2.45) is 0 Å². The van der Waals surface area contributed by atoms with E-state index in [1.54, 1.807) is 42.1 Å². The van der Waals surface area contributed by atoms with Crippen molar-refractivity contribution in [1.82, 2.24) is 19.9 Å². The topological polar surface area (TPSA) is 128 Å². The summed E-state index contributed by atoms with van der Waals surface area (Å²) in [6.07, 6.45) is 6.14. The van der Waals surface area contributed by atoms with Crippen LogP contribution in [0.4, 0.5) is 16.3 Å². The molecule has 2 fully saturated rings. The fourth-order valence-corrected chi connectivity index (χ4v) is 6.49. The molecule has 0 aliphatic carbocycles. The van der Waals surface area contributed by atoms with Gasteiger partial charge in [0.25, 0.3) is 0 Å². The highest BCUT2D eigenvalue weighted by atomic mass is 35.5. The van der Waals surface area contributed by atoms with E-state index in [0.29, 0.717) is 46.8 Å². The number of nitrogens with one attached hydrogen (secondary N) is 1. The standard InChI is InChI=1S/C35H38Cl2N6O6/c1-5-47-33(45)25-19-43(22-10-11-30(39-16-22)41-17-21(18-41)40-34(46)49-35(2,3)4)28-15-29(27(37)14-24(28)31(25)44)42-13-7-8-23(42)20-48-32-26(36)9-6-12-38-32/h6,9-12,14-16,19,21,23H,5,7-8,13,17-18,20H2,1-4H3,(H,40,46). The number of halogens is 2. The molecule has 0 saturated carbocycles. The molecule has 1 atom stereocenters. The Hall–Kier alpha value is -4.55. The molecular formula is C35H38Cl2N6O6. The summed E-state index contributed by atoms with van der Waals surface area (Å²) in [5, 5.41) is 3.96. The number of hydrogen-bond acceptors (Lipinski definition) is 10. The molecule has 258 valence electrons. The van der Waals surface area contributed by atoms with Gasteiger partial charge in [-0.1, -0.05) is 23.2 Å². The second-order valence-corrected chi connectivity index (χ2v) is 13.8. The summed E-state index contributed by atoms with van der Waals surface area (Å²) in [7, 11) is 0. The highest BCUT2D eigenvalue weighted by Gasteiger charge is 2.31. The monoisotopic (exact) mass is 708 g/mol. The van der Waals surface area contributed by atoms with Crippen molar-refractivity contribution in [2.45, 2.75) is 58.2 Å². The van der Waals surface area contributed by atoms with Crippen molar-refractivity contribution in [3.05, 3.63) is 80.8 Å². The Morgan fingerprint density at radius 2 is 1.88 bits per heavy atom. The van der Waals surface area contributed by atoms with Crippen LogP contribution in [0.2, 0.25) is 10.0 Å². The van der Waals surface area contributed by atoms with Crippen LogP contribution in [0.1, 0.15) is 50.9 Å². The predicted octanol–water partition coefficient (Wildman–Crippen LogP) is 6.03. The molecule has 5 heterocycles. The van der Waals surface area contributed by atoms with E-state index < -0.39 is 23.1 Å². The van der Waals surface area contributed by atoms with E-state index >= 15 is 0 Å². The number of rotatable bonds is 9. The first-order chi connectivity index (χ1) is 23.4. The number of esters is 1. The molecule has 12 nitrogen and oxygen atoms in total. The number of amides is 1. The van der Waals surface area contributed by atoms with Crippen molar-refractivity contribution in [3.8, 4) is 11.6 Å². The van der Waals surface area contributed by atoms with Crippen molar-refractivity contribution in [2.75, 3.05) is 42.6 Å². The maximum Gasteiger partial charge on any atom is 0.407 e. The molecule has 1 unspecified atom stereocenters. The lowest BCUT2D eigenvalue weighted by molar-refractivity contribution is 0.0492. The average molecular weight is 710 g/mol. The summed E-state index contributed by atoms with van der Waals surface area (Å²) in [6.45, 7) is 9.50. The minimum atomic E-state index is -0.720. The number of anilines is 2. The van der Waals surface area contributed by atoms with Gasteiger partial charge in [-0.3, -0.25) is 4.79 Å². The fraction of sp³-hybridized carbons (Fsp3) is 0.400. The number of aromatic nitrogens is 3. The van der Waals surface area contributed by atoms with Crippen molar-refractivity contribution >= 4 is 57.7 Å². The number of pyridine rings is 3. The van der Waals surface area contributed by atoms with Gasteiger partial charge in [-0.15, -0.1) is 0 Å². The van der Waals surface area contributed by atoms with Gasteiger partial charge in [0, 0.05) is 37.4 Å². The van der Waals surface area contributed by atoms with Crippen LogP contribution >= 0.6 is 23.2 Å². The summed E-state index contributed by atoms with van der Waals surface area (Å²) < 4.78 is 18.3. The maximum absolute atomic E-state index is 13.7. The van der Waals surface area contributed by atoms with Crippen molar-refractivity contribution in [3.63, 3.8) is 0 Å². The van der Waals surface area contributed by atoms with Gasteiger partial charge in [-0.2, -0.15) is 0 Å². The van der Waals surface area contributed by atoms with Crippen LogP contribution in [0.15, 0.2) is 59.8 Å². The number of alkyl carbamates (subject to hydrolysis) is 1. The van der Waals surface area contributed by atoms with Gasteiger partial charge in [0.2, 0.25) is 11.3 Å². The molecule has 14 heteroatoms. The zero-order valence-corrected chi connectivity index (χ0v) is 29.3. The summed E-state index contributed by atoms with van der Waals surface area (Å²) in [5.74, 6) is 0.366. The zero-order valence-electron chi connectivity index (χ0n) is 27.7. The molecule has 1 aromatic carbocycles. The summed E-state index contributed by atoms with van der Waals surface area (Å²) >= 11 is 13.1. The lowest BCUT2D eigenvalue weighted by atomic mass is 10.1. The van der Waals surface area contributed by atoms with Crippen molar-refractivity contribution < 1.29 is 23.8 Å². The van der Waals surface area contributed by atoms with Crippen LogP contribution in [-0.4, -0.2) is 77.1 Å². The van der Waals surface area contributed by atoms with Crippen LogP contribution in [0.25, 0.3) is 16.6 Å². The van der Waals surface area contributed by atoms with E-state index in [9.17, 15) is 14.4 Å². The first-order valence-electron chi connectivity index (χ1n) is 16.2. The van der Waals surface area contributed by atoms with Gasteiger partial charge in [0.05, 0.1) is 46.8 Å². The third-order valence-corrected chi connectivity index (χ3v) is 8.92. The van der Waals surface area contributed by atoms with Gasteiger partial charge in [-0.25, -0.2) is 19.6 Å².